The van der Waals surface area contributed by atoms with Gasteiger partial charge in [-0.3, -0.25) is 24.6 Å². The highest BCUT2D eigenvalue weighted by atomic mass is 35.5. The molecule has 1 N–H and O–H groups in total. The number of nitrogens with zero attached hydrogens (tertiary/aromatic N) is 2. The Hall–Kier alpha value is -3.10. The quantitative estimate of drug-likeness (QED) is 0.583. The summed E-state index contributed by atoms with van der Waals surface area (Å²) in [5.74, 6) is 0.622. The molecule has 2 aromatic carbocycles. The van der Waals surface area contributed by atoms with Gasteiger partial charge in [0.1, 0.15) is 29.7 Å². The summed E-state index contributed by atoms with van der Waals surface area (Å²) in [6.07, 6.45) is 5.15. The van der Waals surface area contributed by atoms with E-state index in [1.54, 1.807) is 11.0 Å². The summed E-state index contributed by atoms with van der Waals surface area (Å²) in [4.78, 5) is 40.8. The number of amides is 3. The third kappa shape index (κ3) is 4.80. The highest BCUT2D eigenvalue weighted by Gasteiger charge is 2.41. The number of benzene rings is 2. The van der Waals surface area contributed by atoms with Crippen LogP contribution in [-0.2, 0) is 16.1 Å². The molecule has 3 heterocycles. The van der Waals surface area contributed by atoms with Crippen molar-refractivity contribution in [2.75, 3.05) is 13.1 Å². The fraction of sp³-hybridized carbons (Fsp3) is 0.464. The molecule has 4 aliphatic rings. The van der Waals surface area contributed by atoms with Gasteiger partial charge in [0.05, 0.1) is 5.02 Å². The molecule has 6 rings (SSSR count). The topological polar surface area (TPSA) is 88.2 Å². The molecule has 1 unspecified atom stereocenters. The number of likely N-dealkylation sites (tertiary alicyclic amines) is 1. The molecule has 1 aliphatic carbocycles. The number of rotatable bonds is 6. The summed E-state index contributed by atoms with van der Waals surface area (Å²) in [6.45, 7) is 2.03. The second-order valence-electron chi connectivity index (χ2n) is 10.4. The Morgan fingerprint density at radius 2 is 1.76 bits per heavy atom. The summed E-state index contributed by atoms with van der Waals surface area (Å²) in [5, 5.41) is 2.98. The van der Waals surface area contributed by atoms with Crippen molar-refractivity contribution < 1.29 is 23.9 Å². The van der Waals surface area contributed by atoms with Crippen LogP contribution in [0.4, 0.5) is 0 Å². The minimum absolute atomic E-state index is 0.0661. The molecule has 0 spiro atoms. The number of nitrogens with one attached hydrogen (secondary N) is 1. The minimum Gasteiger partial charge on any atom is -0.489 e. The first-order chi connectivity index (χ1) is 18.0. The maximum atomic E-state index is 13.0. The largest absolute Gasteiger partial charge is 0.489 e. The van der Waals surface area contributed by atoms with Crippen molar-refractivity contribution in [3.05, 3.63) is 58.6 Å². The van der Waals surface area contributed by atoms with E-state index in [0.29, 0.717) is 29.6 Å². The summed E-state index contributed by atoms with van der Waals surface area (Å²) >= 11 is 6.25. The van der Waals surface area contributed by atoms with E-state index in [-0.39, 0.29) is 30.4 Å². The summed E-state index contributed by atoms with van der Waals surface area (Å²) in [6, 6.07) is 12.9. The molecule has 8 nitrogen and oxygen atoms in total. The normalized spacial score (nSPS) is 26.5. The highest BCUT2D eigenvalue weighted by Crippen LogP contribution is 2.35. The van der Waals surface area contributed by atoms with Crippen LogP contribution in [0.25, 0.3) is 0 Å². The summed E-state index contributed by atoms with van der Waals surface area (Å²) in [5.41, 5.74) is 1.45. The van der Waals surface area contributed by atoms with E-state index in [1.165, 1.54) is 6.42 Å². The number of hydrogen-bond acceptors (Lipinski definition) is 6. The zero-order valence-electron chi connectivity index (χ0n) is 20.5. The summed E-state index contributed by atoms with van der Waals surface area (Å²) in [7, 11) is 0. The van der Waals surface area contributed by atoms with Gasteiger partial charge in [-0.2, -0.15) is 0 Å². The first-order valence-electron chi connectivity index (χ1n) is 13.1. The molecule has 3 aliphatic heterocycles. The number of carbonyl (C=O) groups is 3. The Labute approximate surface area is 220 Å². The second-order valence-corrected chi connectivity index (χ2v) is 10.8. The molecule has 3 atom stereocenters. The molecular weight excluding hydrogens is 494 g/mol. The van der Waals surface area contributed by atoms with Gasteiger partial charge in [0.25, 0.3) is 5.91 Å². The number of fused-ring (bicyclic) bond motifs is 1. The Kier molecular flexibility index (Phi) is 6.55. The molecule has 3 amide bonds. The van der Waals surface area contributed by atoms with Crippen molar-refractivity contribution >= 4 is 29.3 Å². The van der Waals surface area contributed by atoms with Crippen LogP contribution in [0.3, 0.4) is 0 Å². The molecule has 0 radical (unpaired) electrons. The molecule has 9 heteroatoms. The van der Waals surface area contributed by atoms with E-state index in [1.807, 2.05) is 36.4 Å². The molecule has 2 saturated heterocycles. The Bertz CT molecular complexity index is 1230. The van der Waals surface area contributed by atoms with Crippen LogP contribution in [-0.4, -0.2) is 64.9 Å². The van der Waals surface area contributed by atoms with E-state index in [2.05, 4.69) is 10.2 Å². The zero-order chi connectivity index (χ0) is 25.5. The lowest BCUT2D eigenvalue weighted by atomic mass is 9.89. The van der Waals surface area contributed by atoms with Crippen LogP contribution in [0.15, 0.2) is 42.5 Å². The lowest BCUT2D eigenvalue weighted by molar-refractivity contribution is -0.136. The fourth-order valence-corrected chi connectivity index (χ4v) is 6.15. The number of imide groups is 1. The average molecular weight is 524 g/mol. The van der Waals surface area contributed by atoms with Gasteiger partial charge in [0.15, 0.2) is 0 Å². The minimum atomic E-state index is -0.614. The average Bonchev–Trinajstić information content (AvgIpc) is 3.18. The number of ether oxygens (including phenoxy) is 2. The number of carbonyl (C=O) groups excluding carboxylic acids is 3. The van der Waals surface area contributed by atoms with E-state index in [4.69, 9.17) is 21.1 Å². The van der Waals surface area contributed by atoms with Crippen LogP contribution >= 0.6 is 11.6 Å². The maximum absolute atomic E-state index is 13.0. The van der Waals surface area contributed by atoms with Gasteiger partial charge in [0, 0.05) is 37.7 Å². The van der Waals surface area contributed by atoms with Crippen molar-refractivity contribution in [2.24, 2.45) is 0 Å². The number of piperidine rings is 1. The van der Waals surface area contributed by atoms with Crippen molar-refractivity contribution in [1.82, 2.24) is 15.1 Å². The first kappa shape index (κ1) is 24.2. The van der Waals surface area contributed by atoms with Crippen LogP contribution in [0, 0.1) is 0 Å². The third-order valence-corrected chi connectivity index (χ3v) is 8.24. The number of hydrogen-bond donors (Lipinski definition) is 1. The zero-order valence-corrected chi connectivity index (χ0v) is 21.3. The van der Waals surface area contributed by atoms with Crippen molar-refractivity contribution in [3.8, 4) is 11.5 Å². The fourth-order valence-electron chi connectivity index (χ4n) is 5.97. The molecular formula is C28H30ClN3O5. The molecule has 0 bridgehead atoms. The van der Waals surface area contributed by atoms with Gasteiger partial charge in [-0.05, 0) is 61.6 Å². The standard InChI is InChI=1S/C28H30ClN3O5/c29-21-5-1-3-7-24(21)37-19-15-31(16-19)22-6-2-4-8-25(22)36-18-9-10-20-17(13-18)14-32(28(20)35)23-11-12-26(33)30-27(23)34/h1,3,5,7,9-10,13,19,22-23,25H,2,4,6,8,11-12,14-16H2,(H,30,33,34)/t22-,23?,25-/m1/s1. The maximum Gasteiger partial charge on any atom is 0.255 e. The molecule has 3 fully saturated rings. The van der Waals surface area contributed by atoms with Crippen molar-refractivity contribution in [3.63, 3.8) is 0 Å². The van der Waals surface area contributed by atoms with Gasteiger partial charge >= 0.3 is 0 Å². The Morgan fingerprint density at radius 1 is 0.946 bits per heavy atom. The van der Waals surface area contributed by atoms with Crippen molar-refractivity contribution in [1.29, 1.82) is 0 Å². The van der Waals surface area contributed by atoms with Crippen LogP contribution in [0.1, 0.15) is 54.4 Å². The molecule has 2 aromatic rings. The smallest absolute Gasteiger partial charge is 0.255 e. The van der Waals surface area contributed by atoms with E-state index >= 15 is 0 Å². The van der Waals surface area contributed by atoms with Crippen LogP contribution < -0.4 is 14.8 Å². The van der Waals surface area contributed by atoms with E-state index in [0.717, 1.165) is 49.4 Å². The Balaban J connectivity index is 1.09. The van der Waals surface area contributed by atoms with Gasteiger partial charge in [0.2, 0.25) is 11.8 Å². The van der Waals surface area contributed by atoms with Gasteiger partial charge in [-0.25, -0.2) is 0 Å². The van der Waals surface area contributed by atoms with Gasteiger partial charge < -0.3 is 14.4 Å². The predicted molar refractivity (Wildman–Crippen MR) is 137 cm³/mol. The van der Waals surface area contributed by atoms with E-state index < -0.39 is 11.9 Å². The van der Waals surface area contributed by atoms with Crippen LogP contribution in [0.5, 0.6) is 11.5 Å². The van der Waals surface area contributed by atoms with Crippen molar-refractivity contribution in [2.45, 2.75) is 69.4 Å². The molecule has 0 aromatic heterocycles. The number of halogens is 1. The first-order valence-corrected chi connectivity index (χ1v) is 13.4. The predicted octanol–water partition coefficient (Wildman–Crippen LogP) is 3.55. The molecule has 37 heavy (non-hydrogen) atoms. The highest BCUT2D eigenvalue weighted by molar-refractivity contribution is 6.32. The summed E-state index contributed by atoms with van der Waals surface area (Å²) < 4.78 is 12.6. The number of para-hydroxylation sites is 1. The van der Waals surface area contributed by atoms with Crippen LogP contribution in [0.2, 0.25) is 5.02 Å². The lowest BCUT2D eigenvalue weighted by Crippen LogP contribution is -2.62. The SMILES string of the molecule is O=C1CCC(N2Cc3cc(O[C@@H]4CCCC[C@H]4N4CC(Oc5ccccc5Cl)C4)ccc3C2=O)C(=O)N1. The monoisotopic (exact) mass is 523 g/mol. The second kappa shape index (κ2) is 9.99. The Morgan fingerprint density at radius 3 is 2.57 bits per heavy atom. The molecule has 194 valence electrons. The lowest BCUT2D eigenvalue weighted by Gasteiger charge is -2.47. The van der Waals surface area contributed by atoms with Gasteiger partial charge in [-0.1, -0.05) is 30.2 Å². The van der Waals surface area contributed by atoms with E-state index in [9.17, 15) is 14.4 Å². The third-order valence-electron chi connectivity index (χ3n) is 7.93. The van der Waals surface area contributed by atoms with Gasteiger partial charge in [-0.15, -0.1) is 0 Å². The molecule has 1 saturated carbocycles.